The molecule has 0 fully saturated rings. The Labute approximate surface area is 129 Å². The van der Waals surface area contributed by atoms with Gasteiger partial charge >= 0.3 is 0 Å². The van der Waals surface area contributed by atoms with Crippen LogP contribution in [-0.4, -0.2) is 26.6 Å². The summed E-state index contributed by atoms with van der Waals surface area (Å²) in [6.07, 6.45) is 0.359. The molecule has 0 saturated heterocycles. The molecule has 118 valence electrons. The first-order valence-corrected chi connectivity index (χ1v) is 7.19. The molecule has 2 amide bonds. The Morgan fingerprint density at radius 1 is 1.23 bits per heavy atom. The quantitative estimate of drug-likeness (QED) is 0.839. The molecule has 2 heterocycles. The van der Waals surface area contributed by atoms with E-state index >= 15 is 0 Å². The zero-order chi connectivity index (χ0) is 16.4. The fourth-order valence-corrected chi connectivity index (χ4v) is 2.28. The highest BCUT2D eigenvalue weighted by atomic mass is 16.2. The molecule has 0 spiro atoms. The van der Waals surface area contributed by atoms with Gasteiger partial charge in [0.05, 0.1) is 17.0 Å². The number of amides is 2. The van der Waals surface area contributed by atoms with E-state index in [4.69, 9.17) is 0 Å². The van der Waals surface area contributed by atoms with E-state index in [0.29, 0.717) is 17.7 Å². The Kier molecular flexibility index (Phi) is 4.44. The van der Waals surface area contributed by atoms with Gasteiger partial charge in [0.2, 0.25) is 5.91 Å². The SMILES string of the molecule is Cc1nc2c(cc1C(=O)NNC(=O)CC(C)C)c(C)nn2C. The van der Waals surface area contributed by atoms with Gasteiger partial charge in [-0.3, -0.25) is 25.1 Å². The molecule has 0 aliphatic heterocycles. The van der Waals surface area contributed by atoms with Gasteiger partial charge < -0.3 is 0 Å². The number of hydrogen-bond donors (Lipinski definition) is 2. The molecule has 0 atom stereocenters. The number of carbonyl (C=O) groups excluding carboxylic acids is 2. The number of pyridine rings is 1. The number of hydrazine groups is 1. The van der Waals surface area contributed by atoms with Crippen molar-refractivity contribution in [2.75, 3.05) is 0 Å². The average molecular weight is 303 g/mol. The molecule has 0 saturated carbocycles. The summed E-state index contributed by atoms with van der Waals surface area (Å²) in [7, 11) is 1.81. The predicted molar refractivity (Wildman–Crippen MR) is 83.0 cm³/mol. The Hall–Kier alpha value is -2.44. The van der Waals surface area contributed by atoms with Gasteiger partial charge in [-0.2, -0.15) is 5.10 Å². The first-order valence-electron chi connectivity index (χ1n) is 7.19. The van der Waals surface area contributed by atoms with E-state index in [2.05, 4.69) is 20.9 Å². The highest BCUT2D eigenvalue weighted by molar-refractivity contribution is 5.99. The standard InChI is InChI=1S/C15H21N5O2/c1-8(2)6-13(21)17-18-15(22)12-7-11-10(4)19-20(5)14(11)16-9(12)3/h7-8H,6H2,1-5H3,(H,17,21)(H,18,22). The van der Waals surface area contributed by atoms with E-state index in [1.165, 1.54) is 0 Å². The number of nitrogens with one attached hydrogen (secondary N) is 2. The first-order chi connectivity index (χ1) is 10.3. The molecule has 2 aromatic heterocycles. The maximum Gasteiger partial charge on any atom is 0.271 e. The zero-order valence-electron chi connectivity index (χ0n) is 13.5. The number of aryl methyl sites for hydroxylation is 3. The Bertz CT molecular complexity index is 733. The van der Waals surface area contributed by atoms with Crippen LogP contribution in [-0.2, 0) is 11.8 Å². The van der Waals surface area contributed by atoms with Gasteiger partial charge in [0.25, 0.3) is 5.91 Å². The van der Waals surface area contributed by atoms with Crippen LogP contribution in [0.5, 0.6) is 0 Å². The summed E-state index contributed by atoms with van der Waals surface area (Å²) in [6, 6.07) is 1.75. The highest BCUT2D eigenvalue weighted by Crippen LogP contribution is 2.19. The van der Waals surface area contributed by atoms with Crippen molar-refractivity contribution in [3.8, 4) is 0 Å². The van der Waals surface area contributed by atoms with E-state index in [1.54, 1.807) is 17.7 Å². The third-order valence-electron chi connectivity index (χ3n) is 3.34. The lowest BCUT2D eigenvalue weighted by atomic mass is 10.1. The topological polar surface area (TPSA) is 88.9 Å². The largest absolute Gasteiger partial charge is 0.273 e. The fourth-order valence-electron chi connectivity index (χ4n) is 2.28. The Balaban J connectivity index is 2.19. The van der Waals surface area contributed by atoms with Gasteiger partial charge in [-0.1, -0.05) is 13.8 Å². The van der Waals surface area contributed by atoms with Crippen LogP contribution in [0, 0.1) is 19.8 Å². The van der Waals surface area contributed by atoms with Crippen LogP contribution >= 0.6 is 0 Å². The minimum Gasteiger partial charge on any atom is -0.273 e. The summed E-state index contributed by atoms with van der Waals surface area (Å²) >= 11 is 0. The van der Waals surface area contributed by atoms with Crippen LogP contribution in [0.4, 0.5) is 0 Å². The van der Waals surface area contributed by atoms with E-state index < -0.39 is 0 Å². The fraction of sp³-hybridized carbons (Fsp3) is 0.467. The maximum atomic E-state index is 12.2. The van der Waals surface area contributed by atoms with Crippen molar-refractivity contribution >= 4 is 22.8 Å². The molecule has 0 radical (unpaired) electrons. The number of rotatable bonds is 3. The Morgan fingerprint density at radius 2 is 1.91 bits per heavy atom. The van der Waals surface area contributed by atoms with Crippen LogP contribution in [0.15, 0.2) is 6.07 Å². The lowest BCUT2D eigenvalue weighted by molar-refractivity contribution is -0.122. The van der Waals surface area contributed by atoms with Crippen molar-refractivity contribution in [2.24, 2.45) is 13.0 Å². The zero-order valence-corrected chi connectivity index (χ0v) is 13.5. The van der Waals surface area contributed by atoms with E-state index in [-0.39, 0.29) is 17.7 Å². The van der Waals surface area contributed by atoms with Crippen molar-refractivity contribution < 1.29 is 9.59 Å². The van der Waals surface area contributed by atoms with Crippen LogP contribution in [0.3, 0.4) is 0 Å². The minimum atomic E-state index is -0.382. The van der Waals surface area contributed by atoms with E-state index in [9.17, 15) is 9.59 Å². The molecule has 0 aliphatic rings. The summed E-state index contributed by atoms with van der Waals surface area (Å²) in [6.45, 7) is 7.50. The molecule has 7 heteroatoms. The number of fused-ring (bicyclic) bond motifs is 1. The number of carbonyl (C=O) groups is 2. The molecule has 0 unspecified atom stereocenters. The van der Waals surface area contributed by atoms with Crippen LogP contribution in [0.1, 0.15) is 42.0 Å². The highest BCUT2D eigenvalue weighted by Gasteiger charge is 2.16. The van der Waals surface area contributed by atoms with Gasteiger partial charge in [-0.25, -0.2) is 4.98 Å². The number of hydrogen-bond acceptors (Lipinski definition) is 4. The summed E-state index contributed by atoms with van der Waals surface area (Å²) in [5.74, 6) is -0.366. The van der Waals surface area contributed by atoms with E-state index in [0.717, 1.165) is 16.7 Å². The first kappa shape index (κ1) is 15.9. The molecule has 7 nitrogen and oxygen atoms in total. The van der Waals surface area contributed by atoms with Crippen molar-refractivity contribution in [3.63, 3.8) is 0 Å². The molecular weight excluding hydrogens is 282 g/mol. The molecule has 0 aromatic carbocycles. The number of aromatic nitrogens is 3. The van der Waals surface area contributed by atoms with Crippen LogP contribution < -0.4 is 10.9 Å². The molecule has 0 aliphatic carbocycles. The monoisotopic (exact) mass is 303 g/mol. The van der Waals surface area contributed by atoms with Crippen LogP contribution in [0.2, 0.25) is 0 Å². The molecular formula is C15H21N5O2. The Morgan fingerprint density at radius 3 is 2.55 bits per heavy atom. The van der Waals surface area contributed by atoms with Crippen molar-refractivity contribution in [1.29, 1.82) is 0 Å². The third-order valence-corrected chi connectivity index (χ3v) is 3.34. The van der Waals surface area contributed by atoms with Gasteiger partial charge in [0.1, 0.15) is 0 Å². The minimum absolute atomic E-state index is 0.215. The molecule has 2 aromatic rings. The van der Waals surface area contributed by atoms with Crippen molar-refractivity contribution in [3.05, 3.63) is 23.0 Å². The lowest BCUT2D eigenvalue weighted by Crippen LogP contribution is -2.42. The summed E-state index contributed by atoms with van der Waals surface area (Å²) < 4.78 is 1.68. The second kappa shape index (κ2) is 6.13. The summed E-state index contributed by atoms with van der Waals surface area (Å²) in [5.41, 5.74) is 7.40. The second-order valence-electron chi connectivity index (χ2n) is 5.80. The summed E-state index contributed by atoms with van der Waals surface area (Å²) in [5, 5.41) is 5.12. The maximum absolute atomic E-state index is 12.2. The third kappa shape index (κ3) is 3.24. The summed E-state index contributed by atoms with van der Waals surface area (Å²) in [4.78, 5) is 28.2. The van der Waals surface area contributed by atoms with Crippen LogP contribution in [0.25, 0.3) is 11.0 Å². The van der Waals surface area contributed by atoms with Gasteiger partial charge in [-0.15, -0.1) is 0 Å². The molecule has 22 heavy (non-hydrogen) atoms. The smallest absolute Gasteiger partial charge is 0.271 e. The van der Waals surface area contributed by atoms with Crippen molar-refractivity contribution in [1.82, 2.24) is 25.6 Å². The molecule has 2 rings (SSSR count). The van der Waals surface area contributed by atoms with Gasteiger partial charge in [0.15, 0.2) is 5.65 Å². The van der Waals surface area contributed by atoms with Gasteiger partial charge in [0, 0.05) is 18.9 Å². The molecule has 0 bridgehead atoms. The number of nitrogens with zero attached hydrogens (tertiary/aromatic N) is 3. The van der Waals surface area contributed by atoms with E-state index in [1.807, 2.05) is 27.8 Å². The average Bonchev–Trinajstić information content (AvgIpc) is 2.69. The lowest BCUT2D eigenvalue weighted by Gasteiger charge is -2.10. The second-order valence-corrected chi connectivity index (χ2v) is 5.80. The van der Waals surface area contributed by atoms with Gasteiger partial charge in [-0.05, 0) is 25.8 Å². The van der Waals surface area contributed by atoms with Crippen molar-refractivity contribution in [2.45, 2.75) is 34.1 Å². The predicted octanol–water partition coefficient (Wildman–Crippen LogP) is 1.39. The normalized spacial score (nSPS) is 11.0. The molecule has 2 N–H and O–H groups in total.